The van der Waals surface area contributed by atoms with Gasteiger partial charge in [0.25, 0.3) is 0 Å². The number of benzene rings is 1. The Morgan fingerprint density at radius 2 is 2.11 bits per heavy atom. The van der Waals surface area contributed by atoms with Gasteiger partial charge in [0.15, 0.2) is 0 Å². The van der Waals surface area contributed by atoms with E-state index in [0.717, 1.165) is 11.3 Å². The molecule has 1 aromatic rings. The fourth-order valence-corrected chi connectivity index (χ4v) is 2.32. The molecule has 0 aliphatic carbocycles. The van der Waals surface area contributed by atoms with E-state index < -0.39 is 17.5 Å². The smallest absolute Gasteiger partial charge is 0.312 e. The molecule has 0 bridgehead atoms. The van der Waals surface area contributed by atoms with Crippen molar-refractivity contribution in [3.8, 4) is 0 Å². The zero-order chi connectivity index (χ0) is 13.3. The first-order chi connectivity index (χ1) is 8.38. The van der Waals surface area contributed by atoms with Crippen LogP contribution in [0.1, 0.15) is 31.7 Å². The molecule has 98 valence electrons. The number of aliphatic carboxylic acids is 1. The van der Waals surface area contributed by atoms with Crippen LogP contribution in [-0.4, -0.2) is 34.9 Å². The van der Waals surface area contributed by atoms with Gasteiger partial charge in [-0.05, 0) is 31.9 Å². The summed E-state index contributed by atoms with van der Waals surface area (Å²) in [5.41, 5.74) is 1.13. The molecule has 0 aromatic heterocycles. The van der Waals surface area contributed by atoms with E-state index in [1.807, 2.05) is 29.2 Å². The van der Waals surface area contributed by atoms with Crippen molar-refractivity contribution >= 4 is 11.7 Å². The molecular weight excluding hydrogens is 230 g/mol. The van der Waals surface area contributed by atoms with Crippen molar-refractivity contribution in [1.29, 1.82) is 0 Å². The standard InChI is InChI=1S/C14H19NO3/c1-14(2,18)7-8-15-9-11(13(16)17)10-5-3-4-6-12(10)15/h3-6,11,18H,7-9H2,1-2H3,(H,16,17). The highest BCUT2D eigenvalue weighted by molar-refractivity contribution is 5.82. The van der Waals surface area contributed by atoms with Gasteiger partial charge < -0.3 is 15.1 Å². The lowest BCUT2D eigenvalue weighted by Gasteiger charge is -2.24. The molecule has 4 nitrogen and oxygen atoms in total. The lowest BCUT2D eigenvalue weighted by atomic mass is 10.0. The van der Waals surface area contributed by atoms with E-state index in [0.29, 0.717) is 19.5 Å². The number of anilines is 1. The van der Waals surface area contributed by atoms with Gasteiger partial charge in [-0.1, -0.05) is 18.2 Å². The van der Waals surface area contributed by atoms with E-state index in [4.69, 9.17) is 0 Å². The van der Waals surface area contributed by atoms with Crippen LogP contribution in [0, 0.1) is 0 Å². The van der Waals surface area contributed by atoms with Crippen LogP contribution >= 0.6 is 0 Å². The van der Waals surface area contributed by atoms with E-state index in [9.17, 15) is 15.0 Å². The lowest BCUT2D eigenvalue weighted by Crippen LogP contribution is -2.31. The van der Waals surface area contributed by atoms with Crippen LogP contribution in [0.3, 0.4) is 0 Å². The molecule has 1 aromatic carbocycles. The maximum Gasteiger partial charge on any atom is 0.312 e. The molecule has 2 N–H and O–H groups in total. The summed E-state index contributed by atoms with van der Waals surface area (Å²) in [6.45, 7) is 4.70. The molecular formula is C14H19NO3. The molecule has 0 fully saturated rings. The third kappa shape index (κ3) is 2.64. The van der Waals surface area contributed by atoms with Gasteiger partial charge in [-0.3, -0.25) is 4.79 Å². The number of fused-ring (bicyclic) bond motifs is 1. The minimum absolute atomic E-state index is 0.456. The van der Waals surface area contributed by atoms with Gasteiger partial charge in [0.2, 0.25) is 0 Å². The Kier molecular flexibility index (Phi) is 3.30. The number of carbonyl (C=O) groups is 1. The Morgan fingerprint density at radius 1 is 1.44 bits per heavy atom. The van der Waals surface area contributed by atoms with Gasteiger partial charge in [-0.25, -0.2) is 0 Å². The Labute approximate surface area is 107 Å². The third-order valence-corrected chi connectivity index (χ3v) is 3.35. The summed E-state index contributed by atoms with van der Waals surface area (Å²) < 4.78 is 0. The number of hydrogen-bond donors (Lipinski definition) is 2. The SMILES string of the molecule is CC(C)(O)CCN1CC(C(=O)O)c2ccccc21. The van der Waals surface area contributed by atoms with Crippen molar-refractivity contribution in [1.82, 2.24) is 0 Å². The molecule has 1 heterocycles. The predicted octanol–water partition coefficient (Wildman–Crippen LogP) is 1.84. The lowest BCUT2D eigenvalue weighted by molar-refractivity contribution is -0.138. The molecule has 2 rings (SSSR count). The number of carboxylic acid groups (broad SMARTS) is 1. The summed E-state index contributed by atoms with van der Waals surface area (Å²) in [6, 6.07) is 7.61. The first-order valence-electron chi connectivity index (χ1n) is 6.17. The normalized spacial score (nSPS) is 18.8. The van der Waals surface area contributed by atoms with Crippen molar-refractivity contribution < 1.29 is 15.0 Å². The molecule has 1 aliphatic rings. The first kappa shape index (κ1) is 12.9. The predicted molar refractivity (Wildman–Crippen MR) is 69.9 cm³/mol. The van der Waals surface area contributed by atoms with Crippen molar-refractivity contribution in [2.45, 2.75) is 31.8 Å². The van der Waals surface area contributed by atoms with E-state index in [1.165, 1.54) is 0 Å². The second-order valence-corrected chi connectivity index (χ2v) is 5.46. The van der Waals surface area contributed by atoms with Crippen molar-refractivity contribution in [2.24, 2.45) is 0 Å². The van der Waals surface area contributed by atoms with E-state index in [1.54, 1.807) is 13.8 Å². The number of nitrogens with zero attached hydrogens (tertiary/aromatic N) is 1. The summed E-state index contributed by atoms with van der Waals surface area (Å²) in [6.07, 6.45) is 0.619. The zero-order valence-electron chi connectivity index (χ0n) is 10.8. The summed E-state index contributed by atoms with van der Waals surface area (Å²) in [7, 11) is 0. The van der Waals surface area contributed by atoms with Crippen LogP contribution in [0.5, 0.6) is 0 Å². The fraction of sp³-hybridized carbons (Fsp3) is 0.500. The molecule has 1 unspecified atom stereocenters. The molecule has 0 spiro atoms. The maximum absolute atomic E-state index is 11.2. The van der Waals surface area contributed by atoms with Crippen molar-refractivity contribution in [3.05, 3.63) is 29.8 Å². The van der Waals surface area contributed by atoms with Crippen LogP contribution < -0.4 is 4.90 Å². The minimum atomic E-state index is -0.784. The number of carboxylic acids is 1. The zero-order valence-corrected chi connectivity index (χ0v) is 10.8. The minimum Gasteiger partial charge on any atom is -0.481 e. The fourth-order valence-electron chi connectivity index (χ4n) is 2.32. The summed E-state index contributed by atoms with van der Waals surface area (Å²) >= 11 is 0. The van der Waals surface area contributed by atoms with Gasteiger partial charge in [0.05, 0.1) is 5.60 Å². The highest BCUT2D eigenvalue weighted by Crippen LogP contribution is 2.36. The van der Waals surface area contributed by atoms with Gasteiger partial charge in [-0.15, -0.1) is 0 Å². The van der Waals surface area contributed by atoms with E-state index >= 15 is 0 Å². The monoisotopic (exact) mass is 249 g/mol. The topological polar surface area (TPSA) is 60.8 Å². The second kappa shape index (κ2) is 4.61. The Bertz CT molecular complexity index is 451. The summed E-state index contributed by atoms with van der Waals surface area (Å²) in [5.74, 6) is -1.24. The third-order valence-electron chi connectivity index (χ3n) is 3.35. The Balaban J connectivity index is 2.18. The van der Waals surface area contributed by atoms with Crippen LogP contribution in [0.25, 0.3) is 0 Å². The summed E-state index contributed by atoms with van der Waals surface area (Å²) in [5, 5.41) is 19.0. The van der Waals surface area contributed by atoms with Gasteiger partial charge in [0, 0.05) is 18.8 Å². The van der Waals surface area contributed by atoms with E-state index in [2.05, 4.69) is 0 Å². The molecule has 4 heteroatoms. The molecule has 18 heavy (non-hydrogen) atoms. The Morgan fingerprint density at radius 3 is 2.72 bits per heavy atom. The average molecular weight is 249 g/mol. The first-order valence-corrected chi connectivity index (χ1v) is 6.17. The Hall–Kier alpha value is -1.55. The second-order valence-electron chi connectivity index (χ2n) is 5.46. The molecule has 1 aliphatic heterocycles. The molecule has 0 saturated carbocycles. The number of rotatable bonds is 4. The highest BCUT2D eigenvalue weighted by atomic mass is 16.4. The van der Waals surface area contributed by atoms with Gasteiger partial charge in [-0.2, -0.15) is 0 Å². The van der Waals surface area contributed by atoms with Crippen LogP contribution in [-0.2, 0) is 4.79 Å². The van der Waals surface area contributed by atoms with Crippen molar-refractivity contribution in [2.75, 3.05) is 18.0 Å². The van der Waals surface area contributed by atoms with Crippen LogP contribution in [0.2, 0.25) is 0 Å². The molecule has 0 radical (unpaired) electrons. The van der Waals surface area contributed by atoms with Crippen molar-refractivity contribution in [3.63, 3.8) is 0 Å². The number of aliphatic hydroxyl groups is 1. The molecule has 0 saturated heterocycles. The average Bonchev–Trinajstić information content (AvgIpc) is 2.64. The number of hydrogen-bond acceptors (Lipinski definition) is 3. The van der Waals surface area contributed by atoms with E-state index in [-0.39, 0.29) is 0 Å². The molecule has 0 amide bonds. The largest absolute Gasteiger partial charge is 0.481 e. The van der Waals surface area contributed by atoms with Crippen LogP contribution in [0.4, 0.5) is 5.69 Å². The highest BCUT2D eigenvalue weighted by Gasteiger charge is 2.33. The maximum atomic E-state index is 11.2. The van der Waals surface area contributed by atoms with Crippen LogP contribution in [0.15, 0.2) is 24.3 Å². The molecule has 1 atom stereocenters. The number of para-hydroxylation sites is 1. The van der Waals surface area contributed by atoms with Gasteiger partial charge in [0.1, 0.15) is 5.92 Å². The quantitative estimate of drug-likeness (QED) is 0.854. The summed E-state index contributed by atoms with van der Waals surface area (Å²) in [4.78, 5) is 13.3. The van der Waals surface area contributed by atoms with Gasteiger partial charge >= 0.3 is 5.97 Å².